The second-order valence-electron chi connectivity index (χ2n) is 3.23. The Morgan fingerprint density at radius 3 is 2.47 bits per heavy atom. The molecule has 1 aromatic carbocycles. The summed E-state index contributed by atoms with van der Waals surface area (Å²) in [5, 5.41) is 9.67. The summed E-state index contributed by atoms with van der Waals surface area (Å²) >= 11 is 3.39. The molecular weight excluding hydrogens is 254 g/mol. The molecule has 3 heteroatoms. The van der Waals surface area contributed by atoms with Gasteiger partial charge in [-0.3, -0.25) is 0 Å². The van der Waals surface area contributed by atoms with Gasteiger partial charge < -0.3 is 4.74 Å². The van der Waals surface area contributed by atoms with E-state index in [0.717, 1.165) is 24.1 Å². The zero-order chi connectivity index (χ0) is 10.9. The summed E-state index contributed by atoms with van der Waals surface area (Å²) in [6.45, 7) is 0.749. The molecule has 0 bridgehead atoms. The second-order valence-corrected chi connectivity index (χ2v) is 4.03. The number of ether oxygens (including phenoxy) is 1. The summed E-state index contributed by atoms with van der Waals surface area (Å²) in [5.41, 5.74) is 0.668. The first-order valence-corrected chi connectivity index (χ1v) is 6.18. The van der Waals surface area contributed by atoms with E-state index in [4.69, 9.17) is 10.00 Å². The number of unbranched alkanes of at least 4 members (excludes halogenated alkanes) is 2. The molecule has 1 rings (SSSR count). The molecule has 0 radical (unpaired) electrons. The third-order valence-electron chi connectivity index (χ3n) is 2.03. The third kappa shape index (κ3) is 4.85. The Labute approximate surface area is 99.0 Å². The molecule has 0 fully saturated rings. The molecule has 0 saturated heterocycles. The second kappa shape index (κ2) is 7.30. The van der Waals surface area contributed by atoms with E-state index in [1.807, 2.05) is 12.1 Å². The lowest BCUT2D eigenvalue weighted by Gasteiger charge is -2.05. The van der Waals surface area contributed by atoms with Gasteiger partial charge in [0.15, 0.2) is 0 Å². The average Bonchev–Trinajstić information content (AvgIpc) is 2.30. The van der Waals surface area contributed by atoms with E-state index in [1.54, 1.807) is 12.1 Å². The highest BCUT2D eigenvalue weighted by atomic mass is 79.9. The predicted molar refractivity (Wildman–Crippen MR) is 64.3 cm³/mol. The number of benzene rings is 1. The molecule has 0 unspecified atom stereocenters. The van der Waals surface area contributed by atoms with Gasteiger partial charge in [0, 0.05) is 5.33 Å². The first-order chi connectivity index (χ1) is 7.36. The summed E-state index contributed by atoms with van der Waals surface area (Å²) in [7, 11) is 0. The molecule has 0 aliphatic carbocycles. The molecule has 1 aromatic rings. The van der Waals surface area contributed by atoms with Crippen LogP contribution in [-0.4, -0.2) is 11.9 Å². The van der Waals surface area contributed by atoms with Crippen molar-refractivity contribution in [2.24, 2.45) is 0 Å². The molecule has 0 spiro atoms. The van der Waals surface area contributed by atoms with Crippen molar-refractivity contribution < 1.29 is 4.74 Å². The first-order valence-electron chi connectivity index (χ1n) is 5.06. The normalized spacial score (nSPS) is 9.60. The van der Waals surface area contributed by atoms with Crippen molar-refractivity contribution in [3.63, 3.8) is 0 Å². The van der Waals surface area contributed by atoms with Crippen LogP contribution in [0, 0.1) is 11.3 Å². The van der Waals surface area contributed by atoms with Gasteiger partial charge in [-0.15, -0.1) is 0 Å². The van der Waals surface area contributed by atoms with E-state index < -0.39 is 0 Å². The number of nitriles is 1. The van der Waals surface area contributed by atoms with Gasteiger partial charge in [0.25, 0.3) is 0 Å². The van der Waals surface area contributed by atoms with E-state index in [-0.39, 0.29) is 0 Å². The number of rotatable bonds is 6. The van der Waals surface area contributed by atoms with Gasteiger partial charge in [0.1, 0.15) is 5.75 Å². The topological polar surface area (TPSA) is 33.0 Å². The van der Waals surface area contributed by atoms with Gasteiger partial charge in [-0.05, 0) is 43.5 Å². The lowest BCUT2D eigenvalue weighted by molar-refractivity contribution is 0.306. The quantitative estimate of drug-likeness (QED) is 0.584. The largest absolute Gasteiger partial charge is 0.494 e. The van der Waals surface area contributed by atoms with Crippen LogP contribution in [0.15, 0.2) is 24.3 Å². The standard InChI is InChI=1S/C12H14BrNO/c13-8-2-1-3-9-15-12-6-4-11(10-14)5-7-12/h4-7H,1-3,8-9H2. The maximum Gasteiger partial charge on any atom is 0.119 e. The van der Waals surface area contributed by atoms with Crippen LogP contribution < -0.4 is 4.74 Å². The summed E-state index contributed by atoms with van der Waals surface area (Å²) in [4.78, 5) is 0. The van der Waals surface area contributed by atoms with Gasteiger partial charge in [0.05, 0.1) is 18.2 Å². The molecule has 80 valence electrons. The number of halogens is 1. The number of nitrogens with zero attached hydrogens (tertiary/aromatic N) is 1. The van der Waals surface area contributed by atoms with Gasteiger partial charge >= 0.3 is 0 Å². The highest BCUT2D eigenvalue weighted by Gasteiger charge is 1.94. The van der Waals surface area contributed by atoms with E-state index in [1.165, 1.54) is 12.8 Å². The van der Waals surface area contributed by atoms with Gasteiger partial charge in [-0.2, -0.15) is 5.26 Å². The molecule has 15 heavy (non-hydrogen) atoms. The van der Waals surface area contributed by atoms with Crippen LogP contribution in [0.4, 0.5) is 0 Å². The minimum Gasteiger partial charge on any atom is -0.494 e. The smallest absolute Gasteiger partial charge is 0.119 e. The Morgan fingerprint density at radius 1 is 1.13 bits per heavy atom. The van der Waals surface area contributed by atoms with Gasteiger partial charge in [-0.1, -0.05) is 15.9 Å². The van der Waals surface area contributed by atoms with Gasteiger partial charge in [0.2, 0.25) is 0 Å². The molecule has 0 saturated carbocycles. The van der Waals surface area contributed by atoms with Crippen LogP contribution in [0.5, 0.6) is 5.75 Å². The molecule has 0 amide bonds. The third-order valence-corrected chi connectivity index (χ3v) is 2.59. The molecule has 0 atom stereocenters. The van der Waals surface area contributed by atoms with E-state index >= 15 is 0 Å². The Hall–Kier alpha value is -1.01. The van der Waals surface area contributed by atoms with Crippen molar-refractivity contribution in [3.05, 3.63) is 29.8 Å². The maximum absolute atomic E-state index is 8.61. The van der Waals surface area contributed by atoms with Crippen LogP contribution in [0.3, 0.4) is 0 Å². The summed E-state index contributed by atoms with van der Waals surface area (Å²) < 4.78 is 5.53. The molecule has 0 aliphatic rings. The van der Waals surface area contributed by atoms with Crippen LogP contribution in [-0.2, 0) is 0 Å². The fourth-order valence-corrected chi connectivity index (χ4v) is 1.59. The average molecular weight is 268 g/mol. The zero-order valence-corrected chi connectivity index (χ0v) is 10.2. The molecule has 2 nitrogen and oxygen atoms in total. The van der Waals surface area contributed by atoms with Crippen LogP contribution in [0.25, 0.3) is 0 Å². The highest BCUT2D eigenvalue weighted by Crippen LogP contribution is 2.12. The number of hydrogen-bond acceptors (Lipinski definition) is 2. The van der Waals surface area contributed by atoms with E-state index in [2.05, 4.69) is 22.0 Å². The van der Waals surface area contributed by atoms with Crippen molar-refractivity contribution in [3.8, 4) is 11.8 Å². The monoisotopic (exact) mass is 267 g/mol. The Bertz CT molecular complexity index is 315. The minimum absolute atomic E-state index is 0.668. The zero-order valence-electron chi connectivity index (χ0n) is 8.58. The molecule has 0 aromatic heterocycles. The molecule has 0 heterocycles. The van der Waals surface area contributed by atoms with Crippen LogP contribution in [0.1, 0.15) is 24.8 Å². The molecule has 0 aliphatic heterocycles. The van der Waals surface area contributed by atoms with Crippen molar-refractivity contribution in [1.82, 2.24) is 0 Å². The molecular formula is C12H14BrNO. The fourth-order valence-electron chi connectivity index (χ4n) is 1.19. The Morgan fingerprint density at radius 2 is 1.87 bits per heavy atom. The van der Waals surface area contributed by atoms with Gasteiger partial charge in [-0.25, -0.2) is 0 Å². The SMILES string of the molecule is N#Cc1ccc(OCCCCCBr)cc1. The van der Waals surface area contributed by atoms with Crippen molar-refractivity contribution >= 4 is 15.9 Å². The predicted octanol–water partition coefficient (Wildman–Crippen LogP) is 3.50. The van der Waals surface area contributed by atoms with Crippen molar-refractivity contribution in [1.29, 1.82) is 5.26 Å². The summed E-state index contributed by atoms with van der Waals surface area (Å²) in [5.74, 6) is 0.841. The summed E-state index contributed by atoms with van der Waals surface area (Å²) in [6, 6.07) is 9.29. The highest BCUT2D eigenvalue weighted by molar-refractivity contribution is 9.09. The minimum atomic E-state index is 0.668. The molecule has 0 N–H and O–H groups in total. The van der Waals surface area contributed by atoms with Crippen molar-refractivity contribution in [2.45, 2.75) is 19.3 Å². The first kappa shape index (κ1) is 12.1. The van der Waals surface area contributed by atoms with E-state index in [9.17, 15) is 0 Å². The summed E-state index contributed by atoms with van der Waals surface area (Å²) in [6.07, 6.45) is 3.45. The lowest BCUT2D eigenvalue weighted by atomic mass is 10.2. The van der Waals surface area contributed by atoms with Crippen LogP contribution in [0.2, 0.25) is 0 Å². The van der Waals surface area contributed by atoms with Crippen LogP contribution >= 0.6 is 15.9 Å². The number of alkyl halides is 1. The lowest BCUT2D eigenvalue weighted by Crippen LogP contribution is -1.97. The van der Waals surface area contributed by atoms with E-state index in [0.29, 0.717) is 5.56 Å². The Balaban J connectivity index is 2.23. The van der Waals surface area contributed by atoms with Crippen molar-refractivity contribution in [2.75, 3.05) is 11.9 Å². The maximum atomic E-state index is 8.61. The fraction of sp³-hybridized carbons (Fsp3) is 0.417. The Kier molecular flexibility index (Phi) is 5.87. The number of hydrogen-bond donors (Lipinski definition) is 0.